The van der Waals surface area contributed by atoms with E-state index in [1.165, 1.54) is 4.90 Å². The lowest BCUT2D eigenvalue weighted by Gasteiger charge is -2.28. The zero-order chi connectivity index (χ0) is 27.5. The lowest BCUT2D eigenvalue weighted by atomic mass is 9.91. The number of hydrogen-bond donors (Lipinski definition) is 0. The second-order valence-electron chi connectivity index (χ2n) is 10.6. The van der Waals surface area contributed by atoms with Crippen molar-refractivity contribution >= 4 is 17.8 Å². The van der Waals surface area contributed by atoms with Gasteiger partial charge in [-0.1, -0.05) is 48.5 Å². The molecule has 0 spiro atoms. The van der Waals surface area contributed by atoms with Crippen molar-refractivity contribution in [3.8, 4) is 5.75 Å². The Balaban J connectivity index is 1.70. The predicted octanol–water partition coefficient (Wildman–Crippen LogP) is 5.90. The Labute approximate surface area is 225 Å². The third-order valence-electron chi connectivity index (χ3n) is 6.25. The zero-order valence-electron chi connectivity index (χ0n) is 22.7. The molecule has 0 saturated carbocycles. The largest absolute Gasteiger partial charge is 0.493 e. The van der Waals surface area contributed by atoms with Gasteiger partial charge in [-0.05, 0) is 69.7 Å². The first-order valence-electron chi connectivity index (χ1n) is 13.2. The zero-order valence-corrected chi connectivity index (χ0v) is 22.7. The second-order valence-corrected chi connectivity index (χ2v) is 10.6. The molecule has 0 unspecified atom stereocenters. The van der Waals surface area contributed by atoms with E-state index in [1.54, 1.807) is 26.8 Å². The Morgan fingerprint density at radius 2 is 1.76 bits per heavy atom. The maximum Gasteiger partial charge on any atom is 0.410 e. The Kier molecular flexibility index (Phi) is 10.5. The highest BCUT2D eigenvalue weighted by atomic mass is 16.6. The van der Waals surface area contributed by atoms with Gasteiger partial charge in [-0.25, -0.2) is 4.79 Å². The summed E-state index contributed by atoms with van der Waals surface area (Å²) >= 11 is 0. The highest BCUT2D eigenvalue weighted by molar-refractivity contribution is 5.91. The molecule has 0 aromatic heterocycles. The van der Waals surface area contributed by atoms with Gasteiger partial charge in [0.05, 0.1) is 18.6 Å². The molecule has 0 N–H and O–H groups in total. The van der Waals surface area contributed by atoms with Crippen LogP contribution in [0.1, 0.15) is 57.6 Å². The minimum absolute atomic E-state index is 0.0187. The van der Waals surface area contributed by atoms with Gasteiger partial charge in [0.15, 0.2) is 5.78 Å². The molecule has 7 heteroatoms. The predicted molar refractivity (Wildman–Crippen MR) is 146 cm³/mol. The van der Waals surface area contributed by atoms with E-state index in [0.717, 1.165) is 23.3 Å². The van der Waals surface area contributed by atoms with E-state index in [9.17, 15) is 14.4 Å². The number of esters is 1. The van der Waals surface area contributed by atoms with Gasteiger partial charge in [-0.15, -0.1) is 6.58 Å². The number of carbonyl (C=O) groups excluding carboxylic acids is 3. The van der Waals surface area contributed by atoms with Crippen molar-refractivity contribution < 1.29 is 28.6 Å². The smallest absolute Gasteiger partial charge is 0.410 e. The summed E-state index contributed by atoms with van der Waals surface area (Å²) < 4.78 is 16.8. The number of Topliss-reactive ketones (excluding diaryl/α,β-unsaturated/α-hetero) is 1. The number of rotatable bonds is 12. The summed E-state index contributed by atoms with van der Waals surface area (Å²) in [6.07, 6.45) is 3.64. The molecule has 2 atom stereocenters. The van der Waals surface area contributed by atoms with Crippen LogP contribution >= 0.6 is 0 Å². The van der Waals surface area contributed by atoms with E-state index in [4.69, 9.17) is 14.2 Å². The Morgan fingerprint density at radius 1 is 1.05 bits per heavy atom. The molecular formula is C31H39NO6. The molecule has 1 fully saturated rings. The van der Waals surface area contributed by atoms with Crippen LogP contribution in [0.4, 0.5) is 4.79 Å². The van der Waals surface area contributed by atoms with E-state index in [1.807, 2.05) is 54.6 Å². The summed E-state index contributed by atoms with van der Waals surface area (Å²) in [6.45, 7) is 10.2. The maximum absolute atomic E-state index is 13.4. The second kappa shape index (κ2) is 13.8. The van der Waals surface area contributed by atoms with E-state index >= 15 is 0 Å². The normalized spacial score (nSPS) is 16.0. The van der Waals surface area contributed by atoms with Gasteiger partial charge in [0.1, 0.15) is 18.0 Å². The molecule has 1 aliphatic rings. The van der Waals surface area contributed by atoms with Crippen LogP contribution in [-0.4, -0.2) is 47.5 Å². The number of amides is 1. The first-order valence-corrected chi connectivity index (χ1v) is 13.2. The van der Waals surface area contributed by atoms with Crippen molar-refractivity contribution in [2.75, 3.05) is 13.2 Å². The molecule has 0 aliphatic carbocycles. The fraction of sp³-hybridized carbons (Fsp3) is 0.452. The summed E-state index contributed by atoms with van der Waals surface area (Å²) in [4.78, 5) is 40.8. The number of likely N-dealkylation sites (tertiary alicyclic amines) is 1. The lowest BCUT2D eigenvalue weighted by Crippen LogP contribution is -2.44. The Bertz CT molecular complexity index is 1070. The summed E-state index contributed by atoms with van der Waals surface area (Å²) in [6, 6.07) is 16.3. The molecule has 1 aliphatic heterocycles. The van der Waals surface area contributed by atoms with Crippen LogP contribution in [0.3, 0.4) is 0 Å². The van der Waals surface area contributed by atoms with Crippen LogP contribution in [-0.2, 0) is 32.1 Å². The summed E-state index contributed by atoms with van der Waals surface area (Å²) in [5.41, 5.74) is 1.11. The molecule has 1 amide bonds. The Morgan fingerprint density at radius 3 is 2.42 bits per heavy atom. The molecule has 2 aromatic rings. The quantitative estimate of drug-likeness (QED) is 0.196. The van der Waals surface area contributed by atoms with Gasteiger partial charge in [0.2, 0.25) is 0 Å². The molecule has 7 nitrogen and oxygen atoms in total. The van der Waals surface area contributed by atoms with E-state index in [-0.39, 0.29) is 18.8 Å². The topological polar surface area (TPSA) is 82.1 Å². The SMILES string of the molecule is C=CCCOc1ccc(C[C@H](CC(=O)[C@@H]2CCCN2C(=O)OC(C)(C)C)C(=O)OCc2ccccc2)cc1. The molecule has 2 aromatic carbocycles. The molecule has 3 rings (SSSR count). The van der Waals surface area contributed by atoms with Gasteiger partial charge < -0.3 is 14.2 Å². The van der Waals surface area contributed by atoms with Crippen molar-refractivity contribution in [1.82, 2.24) is 4.90 Å². The number of ether oxygens (including phenoxy) is 3. The molecule has 0 bridgehead atoms. The Hall–Kier alpha value is -3.61. The van der Waals surface area contributed by atoms with Crippen LogP contribution in [0.2, 0.25) is 0 Å². The van der Waals surface area contributed by atoms with Gasteiger partial charge in [0.25, 0.3) is 0 Å². The average Bonchev–Trinajstić information content (AvgIpc) is 3.38. The minimum atomic E-state index is -0.681. The van der Waals surface area contributed by atoms with Crippen LogP contribution in [0.5, 0.6) is 5.75 Å². The number of carbonyl (C=O) groups is 3. The summed E-state index contributed by atoms with van der Waals surface area (Å²) in [5.74, 6) is -0.539. The number of benzene rings is 2. The molecule has 1 saturated heterocycles. The molecule has 38 heavy (non-hydrogen) atoms. The number of nitrogens with zero attached hydrogens (tertiary/aromatic N) is 1. The van der Waals surface area contributed by atoms with Crippen LogP contribution in [0.25, 0.3) is 0 Å². The molecule has 0 radical (unpaired) electrons. The van der Waals surface area contributed by atoms with Crippen LogP contribution in [0, 0.1) is 5.92 Å². The number of ketones is 1. The highest BCUT2D eigenvalue weighted by Crippen LogP contribution is 2.26. The van der Waals surface area contributed by atoms with Crippen molar-refractivity contribution in [2.45, 2.75) is 71.1 Å². The molecule has 204 valence electrons. The first kappa shape index (κ1) is 29.0. The minimum Gasteiger partial charge on any atom is -0.493 e. The molecular weight excluding hydrogens is 482 g/mol. The third kappa shape index (κ3) is 9.05. The van der Waals surface area contributed by atoms with E-state index in [2.05, 4.69) is 6.58 Å². The van der Waals surface area contributed by atoms with Crippen LogP contribution in [0.15, 0.2) is 67.3 Å². The van der Waals surface area contributed by atoms with E-state index < -0.39 is 29.6 Å². The van der Waals surface area contributed by atoms with Gasteiger partial charge >= 0.3 is 12.1 Å². The third-order valence-corrected chi connectivity index (χ3v) is 6.25. The van der Waals surface area contributed by atoms with Crippen molar-refractivity contribution in [3.63, 3.8) is 0 Å². The molecule has 1 heterocycles. The fourth-order valence-electron chi connectivity index (χ4n) is 4.37. The standard InChI is InChI=1S/C31H39NO6/c1-5-6-19-36-26-16-14-23(15-17-26)20-25(29(34)37-22-24-11-8-7-9-12-24)21-28(33)27-13-10-18-32(27)30(35)38-31(2,3)4/h5,7-9,11-12,14-17,25,27H,1,6,10,13,18-22H2,2-4H3/t25-,27+/m1/s1. The van der Waals surface area contributed by atoms with Crippen molar-refractivity contribution in [1.29, 1.82) is 0 Å². The highest BCUT2D eigenvalue weighted by Gasteiger charge is 2.38. The summed E-state index contributed by atoms with van der Waals surface area (Å²) in [7, 11) is 0. The lowest BCUT2D eigenvalue weighted by molar-refractivity contribution is -0.151. The first-order chi connectivity index (χ1) is 18.2. The van der Waals surface area contributed by atoms with Gasteiger partial charge in [0, 0.05) is 13.0 Å². The van der Waals surface area contributed by atoms with Gasteiger partial charge in [-0.3, -0.25) is 14.5 Å². The van der Waals surface area contributed by atoms with E-state index in [0.29, 0.717) is 32.4 Å². The van der Waals surface area contributed by atoms with Crippen molar-refractivity contribution in [3.05, 3.63) is 78.4 Å². The van der Waals surface area contributed by atoms with Crippen molar-refractivity contribution in [2.24, 2.45) is 5.92 Å². The van der Waals surface area contributed by atoms with Crippen LogP contribution < -0.4 is 4.74 Å². The fourth-order valence-corrected chi connectivity index (χ4v) is 4.37. The maximum atomic E-state index is 13.4. The monoisotopic (exact) mass is 521 g/mol. The average molecular weight is 522 g/mol. The van der Waals surface area contributed by atoms with Gasteiger partial charge in [-0.2, -0.15) is 0 Å². The number of hydrogen-bond acceptors (Lipinski definition) is 6. The summed E-state index contributed by atoms with van der Waals surface area (Å²) in [5, 5.41) is 0.